The van der Waals surface area contributed by atoms with Crippen LogP contribution in [0.5, 0.6) is 0 Å². The van der Waals surface area contributed by atoms with Gasteiger partial charge in [-0.1, -0.05) is 13.8 Å². The monoisotopic (exact) mass is 206 g/mol. The second-order valence-electron chi connectivity index (χ2n) is 4.39. The summed E-state index contributed by atoms with van der Waals surface area (Å²) >= 11 is 0. The first kappa shape index (κ1) is 10.4. The van der Waals surface area contributed by atoms with Gasteiger partial charge in [0.05, 0.1) is 5.69 Å². The van der Waals surface area contributed by atoms with Gasteiger partial charge in [0.1, 0.15) is 0 Å². The van der Waals surface area contributed by atoms with Crippen LogP contribution >= 0.6 is 0 Å². The van der Waals surface area contributed by atoms with Crippen LogP contribution in [0.3, 0.4) is 0 Å². The Bertz CT molecular complexity index is 329. The Morgan fingerprint density at radius 2 is 1.87 bits per heavy atom. The normalized spacial score (nSPS) is 25.9. The van der Waals surface area contributed by atoms with E-state index >= 15 is 0 Å². The Balaban J connectivity index is 2.23. The highest BCUT2D eigenvalue weighted by Gasteiger charge is 2.28. The molecule has 1 aromatic heterocycles. The molecule has 0 amide bonds. The van der Waals surface area contributed by atoms with E-state index in [1.807, 2.05) is 0 Å². The number of rotatable bonds is 2. The molecule has 1 aromatic rings. The molecule has 1 fully saturated rings. The van der Waals surface area contributed by atoms with Crippen molar-refractivity contribution in [2.45, 2.75) is 20.4 Å². The molecule has 2 N–H and O–H groups in total. The predicted octanol–water partition coefficient (Wildman–Crippen LogP) is 1.03. The summed E-state index contributed by atoms with van der Waals surface area (Å²) in [7, 11) is 0. The number of hydrogen-bond acceptors (Lipinski definition) is 4. The molecule has 1 aliphatic rings. The van der Waals surface area contributed by atoms with Crippen molar-refractivity contribution in [1.29, 1.82) is 0 Å². The van der Waals surface area contributed by atoms with E-state index in [4.69, 9.17) is 5.73 Å². The summed E-state index contributed by atoms with van der Waals surface area (Å²) in [6.45, 7) is 7.15. The molecule has 82 valence electrons. The van der Waals surface area contributed by atoms with Gasteiger partial charge >= 0.3 is 0 Å². The molecular weight excluding hydrogens is 188 g/mol. The Hall–Kier alpha value is -1.16. The van der Waals surface area contributed by atoms with Crippen LogP contribution in [0.1, 0.15) is 19.5 Å². The highest BCUT2D eigenvalue weighted by molar-refractivity contribution is 5.44. The topological polar surface area (TPSA) is 55.0 Å². The molecule has 0 saturated carbocycles. The molecule has 0 bridgehead atoms. The fourth-order valence-electron chi connectivity index (χ4n) is 2.07. The van der Waals surface area contributed by atoms with Crippen molar-refractivity contribution < 1.29 is 0 Å². The molecule has 2 unspecified atom stereocenters. The summed E-state index contributed by atoms with van der Waals surface area (Å²) in [4.78, 5) is 10.9. The first-order valence-electron chi connectivity index (χ1n) is 5.47. The largest absolute Gasteiger partial charge is 0.355 e. The van der Waals surface area contributed by atoms with Crippen LogP contribution in [0, 0.1) is 11.8 Å². The minimum absolute atomic E-state index is 0.461. The third kappa shape index (κ3) is 1.95. The summed E-state index contributed by atoms with van der Waals surface area (Å²) in [5, 5.41) is 0. The summed E-state index contributed by atoms with van der Waals surface area (Å²) in [6.07, 6.45) is 3.44. The maximum Gasteiger partial charge on any atom is 0.151 e. The van der Waals surface area contributed by atoms with Gasteiger partial charge in [-0.2, -0.15) is 0 Å². The van der Waals surface area contributed by atoms with Crippen molar-refractivity contribution in [3.8, 4) is 0 Å². The lowest BCUT2D eigenvalue weighted by Crippen LogP contribution is -2.23. The molecule has 1 aliphatic heterocycles. The standard InChI is InChI=1S/C11H18N4/c1-8-6-15(7-9(8)2)11-10(5-12)13-3-4-14-11/h3-4,8-9H,5-7,12H2,1-2H3. The lowest BCUT2D eigenvalue weighted by atomic mass is 10.0. The Labute approximate surface area is 90.5 Å². The number of anilines is 1. The van der Waals surface area contributed by atoms with Crippen molar-refractivity contribution in [2.75, 3.05) is 18.0 Å². The van der Waals surface area contributed by atoms with E-state index in [2.05, 4.69) is 28.7 Å². The van der Waals surface area contributed by atoms with Crippen LogP contribution in [-0.2, 0) is 6.54 Å². The average molecular weight is 206 g/mol. The van der Waals surface area contributed by atoms with Crippen molar-refractivity contribution in [1.82, 2.24) is 9.97 Å². The maximum absolute atomic E-state index is 5.66. The molecule has 2 heterocycles. The van der Waals surface area contributed by atoms with Gasteiger partial charge in [-0.25, -0.2) is 4.98 Å². The van der Waals surface area contributed by atoms with Crippen molar-refractivity contribution in [3.63, 3.8) is 0 Å². The van der Waals surface area contributed by atoms with Gasteiger partial charge in [-0.3, -0.25) is 4.98 Å². The first-order chi connectivity index (χ1) is 7.22. The molecule has 4 nitrogen and oxygen atoms in total. The number of hydrogen-bond donors (Lipinski definition) is 1. The van der Waals surface area contributed by atoms with E-state index in [0.29, 0.717) is 6.54 Å². The second kappa shape index (κ2) is 4.14. The van der Waals surface area contributed by atoms with Crippen molar-refractivity contribution in [3.05, 3.63) is 18.1 Å². The lowest BCUT2D eigenvalue weighted by Gasteiger charge is -2.18. The maximum atomic E-state index is 5.66. The van der Waals surface area contributed by atoms with Crippen LogP contribution in [-0.4, -0.2) is 23.1 Å². The molecule has 0 spiro atoms. The summed E-state index contributed by atoms with van der Waals surface area (Å²) in [6, 6.07) is 0. The predicted molar refractivity (Wildman–Crippen MR) is 60.5 cm³/mol. The average Bonchev–Trinajstić information content (AvgIpc) is 2.59. The molecule has 0 aliphatic carbocycles. The summed E-state index contributed by atoms with van der Waals surface area (Å²) in [5.74, 6) is 2.41. The zero-order chi connectivity index (χ0) is 10.8. The Morgan fingerprint density at radius 1 is 1.27 bits per heavy atom. The van der Waals surface area contributed by atoms with Crippen molar-refractivity contribution >= 4 is 5.82 Å². The molecule has 0 aromatic carbocycles. The molecule has 0 radical (unpaired) electrons. The van der Waals surface area contributed by atoms with Gasteiger partial charge in [0.25, 0.3) is 0 Å². The minimum Gasteiger partial charge on any atom is -0.355 e. The fourth-order valence-corrected chi connectivity index (χ4v) is 2.07. The van der Waals surface area contributed by atoms with E-state index < -0.39 is 0 Å². The van der Waals surface area contributed by atoms with Gasteiger partial charge in [-0.15, -0.1) is 0 Å². The third-order valence-electron chi connectivity index (χ3n) is 3.23. The Morgan fingerprint density at radius 3 is 2.47 bits per heavy atom. The number of nitrogens with zero attached hydrogens (tertiary/aromatic N) is 3. The zero-order valence-electron chi connectivity index (χ0n) is 9.35. The van der Waals surface area contributed by atoms with E-state index in [1.165, 1.54) is 0 Å². The Kier molecular flexibility index (Phi) is 2.86. The van der Waals surface area contributed by atoms with Crippen LogP contribution < -0.4 is 10.6 Å². The van der Waals surface area contributed by atoms with E-state index in [-0.39, 0.29) is 0 Å². The fraction of sp³-hybridized carbons (Fsp3) is 0.636. The quantitative estimate of drug-likeness (QED) is 0.785. The highest BCUT2D eigenvalue weighted by atomic mass is 15.2. The van der Waals surface area contributed by atoms with Gasteiger partial charge in [-0.05, 0) is 11.8 Å². The highest BCUT2D eigenvalue weighted by Crippen LogP contribution is 2.27. The van der Waals surface area contributed by atoms with Crippen LogP contribution in [0.2, 0.25) is 0 Å². The lowest BCUT2D eigenvalue weighted by molar-refractivity contribution is 0.494. The van der Waals surface area contributed by atoms with Gasteiger partial charge in [0.15, 0.2) is 5.82 Å². The van der Waals surface area contributed by atoms with E-state index in [1.54, 1.807) is 12.4 Å². The molecule has 1 saturated heterocycles. The number of aromatic nitrogens is 2. The smallest absolute Gasteiger partial charge is 0.151 e. The number of nitrogens with two attached hydrogens (primary N) is 1. The van der Waals surface area contributed by atoms with Gasteiger partial charge < -0.3 is 10.6 Å². The van der Waals surface area contributed by atoms with Gasteiger partial charge in [0, 0.05) is 32.0 Å². The van der Waals surface area contributed by atoms with Crippen LogP contribution in [0.4, 0.5) is 5.82 Å². The SMILES string of the molecule is CC1CN(c2nccnc2CN)CC1C. The van der Waals surface area contributed by atoms with Crippen LogP contribution in [0.25, 0.3) is 0 Å². The van der Waals surface area contributed by atoms with E-state index in [0.717, 1.165) is 36.4 Å². The third-order valence-corrected chi connectivity index (χ3v) is 3.23. The molecule has 15 heavy (non-hydrogen) atoms. The van der Waals surface area contributed by atoms with Crippen molar-refractivity contribution in [2.24, 2.45) is 17.6 Å². The summed E-state index contributed by atoms with van der Waals surface area (Å²) in [5.41, 5.74) is 6.56. The zero-order valence-corrected chi connectivity index (χ0v) is 9.35. The second-order valence-corrected chi connectivity index (χ2v) is 4.39. The van der Waals surface area contributed by atoms with E-state index in [9.17, 15) is 0 Å². The minimum atomic E-state index is 0.461. The molecule has 2 atom stereocenters. The van der Waals surface area contributed by atoms with Gasteiger partial charge in [0.2, 0.25) is 0 Å². The first-order valence-corrected chi connectivity index (χ1v) is 5.47. The molecular formula is C11H18N4. The molecule has 2 rings (SSSR count). The summed E-state index contributed by atoms with van der Waals surface area (Å²) < 4.78 is 0. The van der Waals surface area contributed by atoms with Crippen LogP contribution in [0.15, 0.2) is 12.4 Å². The molecule has 4 heteroatoms.